The lowest BCUT2D eigenvalue weighted by Gasteiger charge is -2.26. The zero-order chi connectivity index (χ0) is 26.8. The van der Waals surface area contributed by atoms with Gasteiger partial charge in [-0.05, 0) is 85.0 Å². The highest BCUT2D eigenvalue weighted by atomic mass is 79.9. The van der Waals surface area contributed by atoms with Crippen molar-refractivity contribution in [1.82, 2.24) is 0 Å². The third kappa shape index (κ3) is 9.96. The Hall–Kier alpha value is -2.36. The molecule has 0 aliphatic carbocycles. The zero-order valence-corrected chi connectivity index (χ0v) is 22.7. The number of carbonyl (C=O) groups excluding carboxylic acids is 2. The lowest BCUT2D eigenvalue weighted by Crippen LogP contribution is -2.17. The number of rotatable bonds is 6. The number of benzene rings is 2. The third-order valence-electron chi connectivity index (χ3n) is 6.45. The molecule has 1 unspecified atom stereocenters. The Morgan fingerprint density at radius 2 is 1.41 bits per heavy atom. The van der Waals surface area contributed by atoms with Crippen LogP contribution in [0.4, 0.5) is 8.78 Å². The summed E-state index contributed by atoms with van der Waals surface area (Å²) in [7, 11) is 2.64. The van der Waals surface area contributed by atoms with Gasteiger partial charge in [-0.15, -0.1) is 0 Å². The fourth-order valence-corrected chi connectivity index (χ4v) is 5.11. The van der Waals surface area contributed by atoms with Crippen LogP contribution in [0.2, 0.25) is 0 Å². The maximum Gasteiger partial charge on any atom is 0.324 e. The second-order valence-electron chi connectivity index (χ2n) is 8.97. The van der Waals surface area contributed by atoms with Crippen molar-refractivity contribution in [3.63, 3.8) is 0 Å². The van der Waals surface area contributed by atoms with Gasteiger partial charge in [-0.25, -0.2) is 8.78 Å². The van der Waals surface area contributed by atoms with Crippen molar-refractivity contribution in [3.05, 3.63) is 70.3 Å². The first-order chi connectivity index (χ1) is 17.8. The van der Waals surface area contributed by atoms with Gasteiger partial charge in [-0.1, -0.05) is 42.9 Å². The summed E-state index contributed by atoms with van der Waals surface area (Å²) in [6.07, 6.45) is 6.06. The average molecular weight is 616 g/mol. The third-order valence-corrected chi connectivity index (χ3v) is 7.32. The predicted molar refractivity (Wildman–Crippen MR) is 151 cm³/mol. The molecule has 0 N–H and O–H groups in total. The van der Waals surface area contributed by atoms with Gasteiger partial charge in [0, 0.05) is 13.2 Å². The van der Waals surface area contributed by atoms with Crippen LogP contribution in [0.25, 0.3) is 0 Å². The molecule has 2 saturated heterocycles. The zero-order valence-electron chi connectivity index (χ0n) is 21.1. The molecule has 39 heavy (non-hydrogen) atoms. The molecule has 0 aromatic heterocycles. The molecule has 9 heteroatoms. The van der Waals surface area contributed by atoms with Crippen LogP contribution in [0.3, 0.4) is 0 Å². The quantitative estimate of drug-likeness (QED) is 0.245. The first-order valence-electron chi connectivity index (χ1n) is 12.4. The van der Waals surface area contributed by atoms with Crippen LogP contribution in [-0.2, 0) is 35.0 Å². The molecule has 218 valence electrons. The van der Waals surface area contributed by atoms with E-state index in [1.807, 2.05) is 0 Å². The Labute approximate surface area is 239 Å². The van der Waals surface area contributed by atoms with Crippen molar-refractivity contribution in [3.8, 4) is 0 Å². The molecule has 2 fully saturated rings. The minimum Gasteiger partial charge on any atom is -0.469 e. The van der Waals surface area contributed by atoms with Crippen molar-refractivity contribution >= 4 is 27.9 Å². The smallest absolute Gasteiger partial charge is 0.324 e. The Kier molecular flexibility index (Phi) is 15.4. The van der Waals surface area contributed by atoms with Crippen molar-refractivity contribution in [1.29, 1.82) is 0 Å². The molecular formula is C30H41BrF2O6. The van der Waals surface area contributed by atoms with Gasteiger partial charge < -0.3 is 18.9 Å². The molecule has 2 aromatic carbocycles. The van der Waals surface area contributed by atoms with Gasteiger partial charge >= 0.3 is 11.9 Å². The standard InChI is InChI=1S/C14H16BrFO3.C14H17FO3.2CH4/c1-18-14(17)13(15)11-8-9(16)5-6-10(11)12-4-2-3-7-19-12;1-17-14(16)9-10-8-11(15)5-6-12(10)13-4-2-3-7-18-13;;/h5-6,8,12-13H,2-4,7H2,1H3;5-6,8,13H,2-4,7,9H2,1H3;2*1H4/t12-,13?;13-;;/m00../s1. The average Bonchev–Trinajstić information content (AvgIpc) is 2.93. The Balaban J connectivity index is 0.000000371. The molecule has 0 amide bonds. The summed E-state index contributed by atoms with van der Waals surface area (Å²) >= 11 is 3.27. The molecule has 0 bridgehead atoms. The van der Waals surface area contributed by atoms with Gasteiger partial charge in [0.05, 0.1) is 32.8 Å². The van der Waals surface area contributed by atoms with Crippen molar-refractivity contribution in [2.24, 2.45) is 0 Å². The highest BCUT2D eigenvalue weighted by Gasteiger charge is 2.27. The molecule has 2 aromatic rings. The van der Waals surface area contributed by atoms with Crippen molar-refractivity contribution in [2.75, 3.05) is 27.4 Å². The summed E-state index contributed by atoms with van der Waals surface area (Å²) in [4.78, 5) is 22.3. The second kappa shape index (κ2) is 17.4. The molecule has 4 rings (SSSR count). The van der Waals surface area contributed by atoms with E-state index in [9.17, 15) is 18.4 Å². The van der Waals surface area contributed by atoms with Crippen molar-refractivity contribution in [2.45, 2.75) is 76.8 Å². The van der Waals surface area contributed by atoms with Crippen LogP contribution in [-0.4, -0.2) is 39.4 Å². The number of methoxy groups -OCH3 is 2. The van der Waals surface area contributed by atoms with E-state index in [1.54, 1.807) is 12.1 Å². The van der Waals surface area contributed by atoms with E-state index < -0.39 is 10.8 Å². The Morgan fingerprint density at radius 3 is 1.92 bits per heavy atom. The van der Waals surface area contributed by atoms with E-state index in [2.05, 4.69) is 20.7 Å². The minimum atomic E-state index is -0.672. The lowest BCUT2D eigenvalue weighted by atomic mass is 9.95. The molecule has 6 nitrogen and oxygen atoms in total. The van der Waals surface area contributed by atoms with Crippen LogP contribution in [0.5, 0.6) is 0 Å². The van der Waals surface area contributed by atoms with Gasteiger partial charge in [-0.3, -0.25) is 9.59 Å². The number of esters is 2. The van der Waals surface area contributed by atoms with Gasteiger partial charge in [-0.2, -0.15) is 0 Å². The minimum absolute atomic E-state index is 0. The first kappa shape index (κ1) is 34.7. The van der Waals surface area contributed by atoms with Gasteiger partial charge in [0.2, 0.25) is 0 Å². The molecule has 0 saturated carbocycles. The van der Waals surface area contributed by atoms with Gasteiger partial charge in [0.15, 0.2) is 0 Å². The van der Waals surface area contributed by atoms with Crippen LogP contribution < -0.4 is 0 Å². The number of hydrogen-bond donors (Lipinski definition) is 0. The van der Waals surface area contributed by atoms with Gasteiger partial charge in [0.25, 0.3) is 0 Å². The number of halogens is 3. The van der Waals surface area contributed by atoms with Crippen LogP contribution >= 0.6 is 15.9 Å². The summed E-state index contributed by atoms with van der Waals surface area (Å²) in [5.74, 6) is -1.52. The van der Waals surface area contributed by atoms with Crippen LogP contribution in [0.1, 0.15) is 92.7 Å². The summed E-state index contributed by atoms with van der Waals surface area (Å²) in [6.45, 7) is 1.42. The van der Waals surface area contributed by atoms with E-state index >= 15 is 0 Å². The highest BCUT2D eigenvalue weighted by Crippen LogP contribution is 2.36. The maximum atomic E-state index is 13.4. The maximum absolute atomic E-state index is 13.4. The number of alkyl halides is 1. The van der Waals surface area contributed by atoms with E-state index in [4.69, 9.17) is 14.2 Å². The van der Waals surface area contributed by atoms with Crippen LogP contribution in [0.15, 0.2) is 36.4 Å². The fraction of sp³-hybridized carbons (Fsp3) is 0.533. The van der Waals surface area contributed by atoms with E-state index in [0.29, 0.717) is 17.7 Å². The van der Waals surface area contributed by atoms with Crippen LogP contribution in [0, 0.1) is 11.6 Å². The van der Waals surface area contributed by atoms with E-state index in [-0.39, 0.29) is 51.1 Å². The Morgan fingerprint density at radius 1 is 0.872 bits per heavy atom. The number of hydrogen-bond acceptors (Lipinski definition) is 6. The number of carbonyl (C=O) groups is 2. The topological polar surface area (TPSA) is 71.1 Å². The summed E-state index contributed by atoms with van der Waals surface area (Å²) in [5.41, 5.74) is 3.00. The summed E-state index contributed by atoms with van der Waals surface area (Å²) < 4.78 is 47.4. The largest absolute Gasteiger partial charge is 0.469 e. The second-order valence-corrected chi connectivity index (χ2v) is 9.88. The SMILES string of the molecule is C.C.COC(=O)C(Br)c1cc(F)ccc1[C@@H]1CCCCO1.COC(=O)Cc1cc(F)ccc1[C@@H]1CCCCO1. The summed E-state index contributed by atoms with van der Waals surface area (Å²) in [5, 5.41) is 0. The normalized spacial score (nSPS) is 19.2. The fourth-order valence-electron chi connectivity index (χ4n) is 4.53. The Bertz CT molecular complexity index is 1050. The van der Waals surface area contributed by atoms with E-state index in [0.717, 1.165) is 56.3 Å². The molecule has 3 atom stereocenters. The molecule has 2 heterocycles. The van der Waals surface area contributed by atoms with Crippen molar-refractivity contribution < 1.29 is 37.3 Å². The molecule has 0 radical (unpaired) electrons. The molecular weight excluding hydrogens is 574 g/mol. The molecule has 2 aliphatic heterocycles. The highest BCUT2D eigenvalue weighted by molar-refractivity contribution is 9.09. The summed E-state index contributed by atoms with van der Waals surface area (Å²) in [6, 6.07) is 8.97. The predicted octanol–water partition coefficient (Wildman–Crippen LogP) is 7.73. The lowest BCUT2D eigenvalue weighted by molar-refractivity contribution is -0.140. The molecule has 0 spiro atoms. The van der Waals surface area contributed by atoms with E-state index in [1.165, 1.54) is 38.5 Å². The first-order valence-corrected chi connectivity index (χ1v) is 13.3. The monoisotopic (exact) mass is 614 g/mol. The molecule has 2 aliphatic rings. The van der Waals surface area contributed by atoms with Gasteiger partial charge in [0.1, 0.15) is 16.5 Å². The number of ether oxygens (including phenoxy) is 4.